The molecular weight excluding hydrogens is 566 g/mol. The van der Waals surface area contributed by atoms with Crippen molar-refractivity contribution in [3.8, 4) is 0 Å². The Kier molecular flexibility index (Phi) is 6.78. The van der Waals surface area contributed by atoms with Gasteiger partial charge in [-0.1, -0.05) is 12.1 Å². The third-order valence-corrected chi connectivity index (χ3v) is 7.23. The Morgan fingerprint density at radius 3 is 1.52 bits per heavy atom. The van der Waals surface area contributed by atoms with Crippen LogP contribution in [0, 0.1) is 21.0 Å². The third kappa shape index (κ3) is 4.82. The van der Waals surface area contributed by atoms with Crippen molar-refractivity contribution in [1.29, 1.82) is 0 Å². The van der Waals surface area contributed by atoms with Gasteiger partial charge in [-0.15, -0.1) is 0 Å². The third-order valence-electron chi connectivity index (χ3n) is 4.91. The minimum Gasteiger partial charge on any atom is -0.337 e. The molecule has 0 spiro atoms. The van der Waals surface area contributed by atoms with Crippen LogP contribution in [0.25, 0.3) is 0 Å². The zero-order valence-corrected chi connectivity index (χ0v) is 19.8. The van der Waals surface area contributed by atoms with Crippen molar-refractivity contribution < 1.29 is 9.59 Å². The first-order chi connectivity index (χ1) is 12.9. The smallest absolute Gasteiger partial charge is 0.253 e. The van der Waals surface area contributed by atoms with Crippen molar-refractivity contribution in [3.63, 3.8) is 0 Å². The van der Waals surface area contributed by atoms with Crippen molar-refractivity contribution >= 4 is 57.0 Å². The fourth-order valence-electron chi connectivity index (χ4n) is 3.14. The van der Waals surface area contributed by atoms with Crippen molar-refractivity contribution in [3.05, 3.63) is 65.8 Å². The van der Waals surface area contributed by atoms with Crippen LogP contribution >= 0.6 is 45.2 Å². The molecule has 0 unspecified atom stereocenters. The van der Waals surface area contributed by atoms with Gasteiger partial charge in [0.05, 0.1) is 0 Å². The van der Waals surface area contributed by atoms with Crippen molar-refractivity contribution in [2.45, 2.75) is 20.3 Å². The van der Waals surface area contributed by atoms with E-state index < -0.39 is 0 Å². The molecule has 1 fully saturated rings. The lowest BCUT2D eigenvalue weighted by Crippen LogP contribution is -2.37. The zero-order chi connectivity index (χ0) is 19.6. The number of halogens is 2. The van der Waals surface area contributed by atoms with Crippen molar-refractivity contribution in [2.75, 3.05) is 26.2 Å². The van der Waals surface area contributed by atoms with Crippen LogP contribution in [-0.2, 0) is 0 Å². The maximum absolute atomic E-state index is 12.9. The fraction of sp³-hybridized carbons (Fsp3) is 0.333. The molecule has 6 heteroatoms. The predicted molar refractivity (Wildman–Crippen MR) is 124 cm³/mol. The minimum atomic E-state index is 0.0482. The first kappa shape index (κ1) is 20.6. The number of hydrogen-bond acceptors (Lipinski definition) is 2. The Bertz CT molecular complexity index is 811. The van der Waals surface area contributed by atoms with Crippen LogP contribution < -0.4 is 0 Å². The summed E-state index contributed by atoms with van der Waals surface area (Å²) >= 11 is 4.52. The molecule has 0 radical (unpaired) electrons. The van der Waals surface area contributed by atoms with E-state index >= 15 is 0 Å². The quantitative estimate of drug-likeness (QED) is 0.486. The average Bonchev–Trinajstić information content (AvgIpc) is 2.91. The first-order valence-corrected chi connectivity index (χ1v) is 11.1. The number of aryl methyl sites for hydroxylation is 2. The van der Waals surface area contributed by atoms with Gasteiger partial charge in [-0.2, -0.15) is 0 Å². The van der Waals surface area contributed by atoms with E-state index in [1.165, 1.54) is 11.1 Å². The molecule has 1 aliphatic heterocycles. The number of hydrogen-bond donors (Lipinski definition) is 0. The molecule has 2 amide bonds. The van der Waals surface area contributed by atoms with Gasteiger partial charge in [-0.05, 0) is 101 Å². The largest absolute Gasteiger partial charge is 0.337 e. The van der Waals surface area contributed by atoms with Crippen LogP contribution in [-0.4, -0.2) is 47.8 Å². The number of rotatable bonds is 2. The summed E-state index contributed by atoms with van der Waals surface area (Å²) < 4.78 is 2.19. The number of carbonyl (C=O) groups excluding carboxylic acids is 2. The molecule has 0 atom stereocenters. The Morgan fingerprint density at radius 2 is 1.15 bits per heavy atom. The molecule has 0 aromatic heterocycles. The summed E-state index contributed by atoms with van der Waals surface area (Å²) in [5, 5.41) is 0. The van der Waals surface area contributed by atoms with E-state index in [1.807, 2.05) is 60.0 Å². The van der Waals surface area contributed by atoms with E-state index in [2.05, 4.69) is 45.2 Å². The summed E-state index contributed by atoms with van der Waals surface area (Å²) in [6.45, 7) is 6.57. The highest BCUT2D eigenvalue weighted by Crippen LogP contribution is 2.18. The SMILES string of the molecule is Cc1ccc(C(=O)N2CCCN(C(=O)c3ccc(C)c(I)c3)CC2)cc1I. The molecule has 0 N–H and O–H groups in total. The summed E-state index contributed by atoms with van der Waals surface area (Å²) in [6.07, 6.45) is 0.795. The van der Waals surface area contributed by atoms with Gasteiger partial charge in [0.1, 0.15) is 0 Å². The highest BCUT2D eigenvalue weighted by molar-refractivity contribution is 14.1. The van der Waals surface area contributed by atoms with Crippen LogP contribution in [0.4, 0.5) is 0 Å². The second kappa shape index (κ2) is 8.89. The normalized spacial score (nSPS) is 14.8. The molecular formula is C21H22I2N2O2. The number of nitrogens with zero attached hydrogens (tertiary/aromatic N) is 2. The number of benzene rings is 2. The van der Waals surface area contributed by atoms with Gasteiger partial charge in [0.15, 0.2) is 0 Å². The van der Waals surface area contributed by atoms with Crippen LogP contribution in [0.3, 0.4) is 0 Å². The van der Waals surface area contributed by atoms with Crippen LogP contribution in [0.2, 0.25) is 0 Å². The Hall–Kier alpha value is -1.16. The fourth-order valence-corrected chi connectivity index (χ4v) is 4.17. The topological polar surface area (TPSA) is 40.6 Å². The summed E-state index contributed by atoms with van der Waals surface area (Å²) in [6, 6.07) is 11.6. The lowest BCUT2D eigenvalue weighted by molar-refractivity contribution is 0.0718. The Morgan fingerprint density at radius 1 is 0.741 bits per heavy atom. The molecule has 142 valence electrons. The standard InChI is InChI=1S/C21H22I2N2O2/c1-14-4-6-16(12-18(14)22)20(26)24-8-3-9-25(11-10-24)21(27)17-7-5-15(2)19(23)13-17/h4-7,12-13H,3,8-11H2,1-2H3. The van der Waals surface area contributed by atoms with Gasteiger partial charge < -0.3 is 9.80 Å². The molecule has 2 aromatic rings. The van der Waals surface area contributed by atoms with E-state index in [0.29, 0.717) is 26.2 Å². The first-order valence-electron chi connectivity index (χ1n) is 8.97. The lowest BCUT2D eigenvalue weighted by Gasteiger charge is -2.22. The highest BCUT2D eigenvalue weighted by atomic mass is 127. The number of amides is 2. The van der Waals surface area contributed by atoms with Gasteiger partial charge in [0, 0.05) is 44.4 Å². The zero-order valence-electron chi connectivity index (χ0n) is 15.5. The van der Waals surface area contributed by atoms with Crippen LogP contribution in [0.5, 0.6) is 0 Å². The van der Waals surface area contributed by atoms with Gasteiger partial charge in [0.25, 0.3) is 11.8 Å². The van der Waals surface area contributed by atoms with E-state index in [9.17, 15) is 9.59 Å². The summed E-state index contributed by atoms with van der Waals surface area (Å²) in [5.74, 6) is 0.0965. The average molecular weight is 588 g/mol. The molecule has 0 saturated carbocycles. The summed E-state index contributed by atoms with van der Waals surface area (Å²) in [4.78, 5) is 29.5. The second-order valence-electron chi connectivity index (χ2n) is 6.87. The Balaban J connectivity index is 1.69. The van der Waals surface area contributed by atoms with Crippen LogP contribution in [0.15, 0.2) is 36.4 Å². The predicted octanol–water partition coefficient (Wildman–Crippen LogP) is 4.50. The summed E-state index contributed by atoms with van der Waals surface area (Å²) in [7, 11) is 0. The molecule has 3 rings (SSSR count). The van der Waals surface area contributed by atoms with Gasteiger partial charge in [-0.3, -0.25) is 9.59 Å². The molecule has 4 nitrogen and oxygen atoms in total. The van der Waals surface area contributed by atoms with Crippen LogP contribution in [0.1, 0.15) is 38.3 Å². The molecule has 1 heterocycles. The molecule has 2 aromatic carbocycles. The van der Waals surface area contributed by atoms with E-state index in [4.69, 9.17) is 0 Å². The number of carbonyl (C=O) groups is 2. The Labute approximate surface area is 187 Å². The van der Waals surface area contributed by atoms with E-state index in [-0.39, 0.29) is 11.8 Å². The van der Waals surface area contributed by atoms with Gasteiger partial charge in [-0.25, -0.2) is 0 Å². The maximum Gasteiger partial charge on any atom is 0.253 e. The second-order valence-corrected chi connectivity index (χ2v) is 9.19. The molecule has 1 saturated heterocycles. The monoisotopic (exact) mass is 588 g/mol. The maximum atomic E-state index is 12.9. The molecule has 27 heavy (non-hydrogen) atoms. The lowest BCUT2D eigenvalue weighted by atomic mass is 10.1. The molecule has 0 aliphatic carbocycles. The minimum absolute atomic E-state index is 0.0482. The molecule has 0 bridgehead atoms. The highest BCUT2D eigenvalue weighted by Gasteiger charge is 2.24. The van der Waals surface area contributed by atoms with Gasteiger partial charge in [0.2, 0.25) is 0 Å². The molecule has 1 aliphatic rings. The van der Waals surface area contributed by atoms with Gasteiger partial charge >= 0.3 is 0 Å². The summed E-state index contributed by atoms with van der Waals surface area (Å²) in [5.41, 5.74) is 3.79. The van der Waals surface area contributed by atoms with E-state index in [1.54, 1.807) is 0 Å². The van der Waals surface area contributed by atoms with Crippen molar-refractivity contribution in [1.82, 2.24) is 9.80 Å². The van der Waals surface area contributed by atoms with E-state index in [0.717, 1.165) is 24.7 Å². The van der Waals surface area contributed by atoms with Crippen molar-refractivity contribution in [2.24, 2.45) is 0 Å².